The number of nitrogens with one attached hydrogen (secondary N) is 1. The van der Waals surface area contributed by atoms with Crippen LogP contribution in [-0.2, 0) is 9.53 Å². The van der Waals surface area contributed by atoms with Gasteiger partial charge in [-0.05, 0) is 32.9 Å². The number of likely N-dealkylation sites (N-methyl/N-ethyl adjacent to an activating group) is 1. The molecule has 1 aliphatic rings. The van der Waals surface area contributed by atoms with E-state index in [1.807, 2.05) is 6.92 Å². The first-order valence-electron chi connectivity index (χ1n) is 6.74. The number of likely N-dealkylation sites (tertiary alicyclic amines) is 1. The second kappa shape index (κ2) is 7.67. The first kappa shape index (κ1) is 14.5. The molecule has 0 aliphatic carbocycles. The van der Waals surface area contributed by atoms with Crippen LogP contribution in [0.5, 0.6) is 0 Å². The predicted octanol–water partition coefficient (Wildman–Crippen LogP) is 1.40. The first-order valence-corrected chi connectivity index (χ1v) is 6.74. The zero-order chi connectivity index (χ0) is 12.7. The Morgan fingerprint density at radius 3 is 2.88 bits per heavy atom. The zero-order valence-electron chi connectivity index (χ0n) is 11.4. The summed E-state index contributed by atoms with van der Waals surface area (Å²) in [6, 6.07) is 0.383. The van der Waals surface area contributed by atoms with Gasteiger partial charge in [0.15, 0.2) is 0 Å². The van der Waals surface area contributed by atoms with Gasteiger partial charge in [0.2, 0.25) is 0 Å². The minimum Gasteiger partial charge on any atom is -0.468 e. The third-order valence-electron chi connectivity index (χ3n) is 3.54. The monoisotopic (exact) mass is 242 g/mol. The molecule has 4 nitrogen and oxygen atoms in total. The SMILES string of the molecule is CCNC(CN1CCCCCC1C)C(=O)OC. The number of carbonyl (C=O) groups is 1. The van der Waals surface area contributed by atoms with Crippen molar-refractivity contribution in [2.45, 2.75) is 51.6 Å². The van der Waals surface area contributed by atoms with E-state index >= 15 is 0 Å². The molecule has 0 aromatic heterocycles. The maximum Gasteiger partial charge on any atom is 0.324 e. The fourth-order valence-electron chi connectivity index (χ4n) is 2.45. The third-order valence-corrected chi connectivity index (χ3v) is 3.54. The van der Waals surface area contributed by atoms with E-state index in [9.17, 15) is 4.79 Å². The van der Waals surface area contributed by atoms with E-state index in [1.165, 1.54) is 32.8 Å². The topological polar surface area (TPSA) is 41.6 Å². The van der Waals surface area contributed by atoms with Gasteiger partial charge in [0, 0.05) is 12.6 Å². The van der Waals surface area contributed by atoms with Crippen LogP contribution in [0, 0.1) is 0 Å². The van der Waals surface area contributed by atoms with Gasteiger partial charge in [0.25, 0.3) is 0 Å². The Morgan fingerprint density at radius 1 is 1.47 bits per heavy atom. The van der Waals surface area contributed by atoms with Crippen molar-refractivity contribution >= 4 is 5.97 Å². The number of hydrogen-bond acceptors (Lipinski definition) is 4. The maximum absolute atomic E-state index is 11.7. The predicted molar refractivity (Wildman–Crippen MR) is 69.0 cm³/mol. The number of esters is 1. The molecule has 1 rings (SSSR count). The summed E-state index contributed by atoms with van der Waals surface area (Å²) in [5, 5.41) is 3.21. The molecular formula is C13H26N2O2. The van der Waals surface area contributed by atoms with Gasteiger partial charge in [-0.25, -0.2) is 0 Å². The summed E-state index contributed by atoms with van der Waals surface area (Å²) in [6.07, 6.45) is 5.09. The van der Waals surface area contributed by atoms with E-state index in [2.05, 4.69) is 17.1 Å². The Kier molecular flexibility index (Phi) is 6.52. The second-order valence-electron chi connectivity index (χ2n) is 4.83. The van der Waals surface area contributed by atoms with Gasteiger partial charge in [-0.2, -0.15) is 0 Å². The summed E-state index contributed by atoms with van der Waals surface area (Å²) in [6.45, 7) is 6.93. The molecule has 0 radical (unpaired) electrons. The van der Waals surface area contributed by atoms with Crippen molar-refractivity contribution in [2.75, 3.05) is 26.7 Å². The molecule has 17 heavy (non-hydrogen) atoms. The Morgan fingerprint density at radius 2 is 2.24 bits per heavy atom. The summed E-state index contributed by atoms with van der Waals surface area (Å²) >= 11 is 0. The van der Waals surface area contributed by atoms with Crippen LogP contribution in [0.1, 0.15) is 39.5 Å². The maximum atomic E-state index is 11.7. The minimum absolute atomic E-state index is 0.150. The smallest absolute Gasteiger partial charge is 0.324 e. The van der Waals surface area contributed by atoms with Gasteiger partial charge < -0.3 is 10.1 Å². The fourth-order valence-corrected chi connectivity index (χ4v) is 2.45. The molecule has 1 fully saturated rings. The van der Waals surface area contributed by atoms with Crippen molar-refractivity contribution in [3.05, 3.63) is 0 Å². The van der Waals surface area contributed by atoms with Crippen molar-refractivity contribution in [3.8, 4) is 0 Å². The highest BCUT2D eigenvalue weighted by Gasteiger charge is 2.24. The van der Waals surface area contributed by atoms with E-state index < -0.39 is 0 Å². The molecule has 0 aromatic carbocycles. The molecule has 2 unspecified atom stereocenters. The average molecular weight is 242 g/mol. The van der Waals surface area contributed by atoms with Crippen LogP contribution < -0.4 is 5.32 Å². The summed E-state index contributed by atoms with van der Waals surface area (Å²) in [4.78, 5) is 14.1. The number of nitrogens with zero attached hydrogens (tertiary/aromatic N) is 1. The highest BCUT2D eigenvalue weighted by atomic mass is 16.5. The number of ether oxygens (including phenoxy) is 1. The quantitative estimate of drug-likeness (QED) is 0.740. The van der Waals surface area contributed by atoms with Crippen LogP contribution in [0.15, 0.2) is 0 Å². The molecular weight excluding hydrogens is 216 g/mol. The normalized spacial score (nSPS) is 24.1. The molecule has 0 saturated carbocycles. The molecule has 100 valence electrons. The van der Waals surface area contributed by atoms with Gasteiger partial charge in [-0.1, -0.05) is 19.8 Å². The minimum atomic E-state index is -0.189. The van der Waals surface area contributed by atoms with Gasteiger partial charge in [0.05, 0.1) is 7.11 Å². The Labute approximate surface area is 105 Å². The lowest BCUT2D eigenvalue weighted by molar-refractivity contribution is -0.143. The Hall–Kier alpha value is -0.610. The number of hydrogen-bond donors (Lipinski definition) is 1. The average Bonchev–Trinajstić information content (AvgIpc) is 2.53. The highest BCUT2D eigenvalue weighted by Crippen LogP contribution is 2.16. The largest absolute Gasteiger partial charge is 0.468 e. The zero-order valence-corrected chi connectivity index (χ0v) is 11.4. The van der Waals surface area contributed by atoms with Crippen molar-refractivity contribution in [1.29, 1.82) is 0 Å². The van der Waals surface area contributed by atoms with Gasteiger partial charge in [-0.3, -0.25) is 9.69 Å². The molecule has 0 bridgehead atoms. The van der Waals surface area contributed by atoms with E-state index in [-0.39, 0.29) is 12.0 Å². The Bertz CT molecular complexity index is 233. The molecule has 1 N–H and O–H groups in total. The van der Waals surface area contributed by atoms with Crippen LogP contribution in [0.2, 0.25) is 0 Å². The van der Waals surface area contributed by atoms with Crippen molar-refractivity contribution in [2.24, 2.45) is 0 Å². The molecule has 1 saturated heterocycles. The molecule has 4 heteroatoms. The molecule has 0 aromatic rings. The lowest BCUT2D eigenvalue weighted by Crippen LogP contribution is -2.49. The fraction of sp³-hybridized carbons (Fsp3) is 0.923. The third kappa shape index (κ3) is 4.64. The number of rotatable bonds is 5. The standard InChI is InChI=1S/C13H26N2O2/c1-4-14-12(13(16)17-3)10-15-9-7-5-6-8-11(15)2/h11-12,14H,4-10H2,1-3H3. The second-order valence-corrected chi connectivity index (χ2v) is 4.83. The van der Waals surface area contributed by atoms with Crippen LogP contribution in [0.25, 0.3) is 0 Å². The molecule has 2 atom stereocenters. The van der Waals surface area contributed by atoms with Crippen LogP contribution >= 0.6 is 0 Å². The number of carbonyl (C=O) groups excluding carboxylic acids is 1. The Balaban J connectivity index is 2.54. The van der Waals surface area contributed by atoms with E-state index in [1.54, 1.807) is 0 Å². The van der Waals surface area contributed by atoms with Gasteiger partial charge in [-0.15, -0.1) is 0 Å². The van der Waals surface area contributed by atoms with Crippen LogP contribution in [0.4, 0.5) is 0 Å². The van der Waals surface area contributed by atoms with Gasteiger partial charge >= 0.3 is 5.97 Å². The highest BCUT2D eigenvalue weighted by molar-refractivity contribution is 5.75. The van der Waals surface area contributed by atoms with Gasteiger partial charge in [0.1, 0.15) is 6.04 Å². The molecule has 1 heterocycles. The summed E-state index contributed by atoms with van der Waals surface area (Å²) < 4.78 is 4.84. The molecule has 0 amide bonds. The number of methoxy groups -OCH3 is 1. The molecule has 0 spiro atoms. The lowest BCUT2D eigenvalue weighted by atomic mass is 10.1. The first-order chi connectivity index (χ1) is 8.19. The van der Waals surface area contributed by atoms with Crippen molar-refractivity contribution < 1.29 is 9.53 Å². The van der Waals surface area contributed by atoms with E-state index in [0.29, 0.717) is 6.04 Å². The van der Waals surface area contributed by atoms with Crippen LogP contribution in [-0.4, -0.2) is 49.7 Å². The van der Waals surface area contributed by atoms with Crippen LogP contribution in [0.3, 0.4) is 0 Å². The summed E-state index contributed by atoms with van der Waals surface area (Å²) in [5.74, 6) is -0.150. The summed E-state index contributed by atoms with van der Waals surface area (Å²) in [7, 11) is 1.46. The molecule has 1 aliphatic heterocycles. The van der Waals surface area contributed by atoms with E-state index in [4.69, 9.17) is 4.74 Å². The summed E-state index contributed by atoms with van der Waals surface area (Å²) in [5.41, 5.74) is 0. The lowest BCUT2D eigenvalue weighted by Gasteiger charge is -2.30. The van der Waals surface area contributed by atoms with Crippen molar-refractivity contribution in [1.82, 2.24) is 10.2 Å². The van der Waals surface area contributed by atoms with E-state index in [0.717, 1.165) is 19.6 Å². The van der Waals surface area contributed by atoms with Crippen molar-refractivity contribution in [3.63, 3.8) is 0 Å².